The number of benzene rings is 2. The molecule has 0 fully saturated rings. The van der Waals surface area contributed by atoms with E-state index < -0.39 is 23.9 Å². The number of nitrogens with one attached hydrogen (secondary N) is 1. The zero-order chi connectivity index (χ0) is 27.4. The summed E-state index contributed by atoms with van der Waals surface area (Å²) >= 11 is 1.24. The molecular weight excluding hydrogens is 523 g/mol. The number of ether oxygens (including phenoxy) is 1. The number of hydrogen-bond acceptors (Lipinski definition) is 8. The van der Waals surface area contributed by atoms with Gasteiger partial charge in [0.1, 0.15) is 5.75 Å². The van der Waals surface area contributed by atoms with Crippen molar-refractivity contribution in [1.82, 2.24) is 25.0 Å². The zero-order valence-electron chi connectivity index (χ0n) is 20.0. The van der Waals surface area contributed by atoms with Crippen LogP contribution in [0.4, 0.5) is 18.9 Å². The summed E-state index contributed by atoms with van der Waals surface area (Å²) in [6.07, 6.45) is -4.83. The van der Waals surface area contributed by atoms with Crippen molar-refractivity contribution >= 4 is 29.3 Å². The van der Waals surface area contributed by atoms with Crippen molar-refractivity contribution in [2.45, 2.75) is 31.1 Å². The summed E-state index contributed by atoms with van der Waals surface area (Å²) in [5.41, 5.74) is 8.14. The Kier molecular flexibility index (Phi) is 7.62. The molecule has 0 atom stereocenters. The van der Waals surface area contributed by atoms with Crippen LogP contribution in [0.5, 0.6) is 5.75 Å². The number of hydrogen-bond donors (Lipinski definition) is 2. The lowest BCUT2D eigenvalue weighted by molar-refractivity contribution is -0.274. The molecule has 0 bridgehead atoms. The van der Waals surface area contributed by atoms with Gasteiger partial charge in [0.2, 0.25) is 5.91 Å². The summed E-state index contributed by atoms with van der Waals surface area (Å²) in [6, 6.07) is 12.8. The van der Waals surface area contributed by atoms with Gasteiger partial charge in [0.05, 0.1) is 11.4 Å². The van der Waals surface area contributed by atoms with Gasteiger partial charge >= 0.3 is 6.36 Å². The van der Waals surface area contributed by atoms with Crippen LogP contribution in [0.1, 0.15) is 37.9 Å². The van der Waals surface area contributed by atoms with Gasteiger partial charge in [-0.05, 0) is 68.4 Å². The third-order valence-electron chi connectivity index (χ3n) is 5.02. The molecule has 2 aromatic carbocycles. The van der Waals surface area contributed by atoms with Crippen LogP contribution in [0.2, 0.25) is 0 Å². The SMILES string of the molecule is Cc1cc(C)nc(SCc2c(C(=O)Nc3ccc(C(N)=O)cc3)nnn2-c2ccc(OC(F)(F)F)cc2)n1. The van der Waals surface area contributed by atoms with Crippen LogP contribution in [-0.2, 0) is 5.75 Å². The van der Waals surface area contributed by atoms with Crippen LogP contribution in [0.15, 0.2) is 59.8 Å². The maximum Gasteiger partial charge on any atom is 0.573 e. The van der Waals surface area contributed by atoms with Crippen LogP contribution in [0, 0.1) is 13.8 Å². The lowest BCUT2D eigenvalue weighted by atomic mass is 10.2. The molecule has 4 aromatic rings. The minimum Gasteiger partial charge on any atom is -0.406 e. The second kappa shape index (κ2) is 10.9. The van der Waals surface area contributed by atoms with Crippen LogP contribution < -0.4 is 15.8 Å². The highest BCUT2D eigenvalue weighted by atomic mass is 32.2. The van der Waals surface area contributed by atoms with Gasteiger partial charge in [0.25, 0.3) is 5.91 Å². The lowest BCUT2D eigenvalue weighted by Crippen LogP contribution is -2.17. The number of amides is 2. The predicted octanol–water partition coefficient (Wildman–Crippen LogP) is 4.22. The van der Waals surface area contributed by atoms with Crippen molar-refractivity contribution in [2.75, 3.05) is 5.32 Å². The number of aryl methyl sites for hydroxylation is 2. The fourth-order valence-electron chi connectivity index (χ4n) is 3.40. The number of alkyl halides is 3. The van der Waals surface area contributed by atoms with E-state index in [9.17, 15) is 22.8 Å². The van der Waals surface area contributed by atoms with Gasteiger partial charge in [-0.15, -0.1) is 18.3 Å². The summed E-state index contributed by atoms with van der Waals surface area (Å²) in [6.45, 7) is 3.66. The molecule has 14 heteroatoms. The molecule has 2 aromatic heterocycles. The summed E-state index contributed by atoms with van der Waals surface area (Å²) in [5, 5.41) is 11.2. The minimum absolute atomic E-state index is 0.0172. The molecule has 2 amide bonds. The number of carbonyl (C=O) groups is 2. The quantitative estimate of drug-likeness (QED) is 0.249. The first kappa shape index (κ1) is 26.6. The number of anilines is 1. The van der Waals surface area contributed by atoms with E-state index in [0.29, 0.717) is 22.2 Å². The second-order valence-corrected chi connectivity index (χ2v) is 8.90. The molecule has 196 valence electrons. The molecule has 38 heavy (non-hydrogen) atoms. The molecule has 0 aliphatic rings. The predicted molar refractivity (Wildman–Crippen MR) is 132 cm³/mol. The van der Waals surface area contributed by atoms with Gasteiger partial charge in [-0.3, -0.25) is 9.59 Å². The van der Waals surface area contributed by atoms with Gasteiger partial charge < -0.3 is 15.8 Å². The number of thioether (sulfide) groups is 1. The highest BCUT2D eigenvalue weighted by Gasteiger charge is 2.31. The average molecular weight is 544 g/mol. The number of nitrogens with zero attached hydrogens (tertiary/aromatic N) is 5. The standard InChI is InChI=1S/C24H20F3N7O3S/c1-13-11-14(2)30-23(29-13)38-12-19-20(22(36)31-16-5-3-15(4-6-16)21(28)35)32-33-34(19)17-7-9-18(10-8-17)37-24(25,26)27/h3-11H,12H2,1-2H3,(H2,28,35)(H,31,36). The molecule has 0 saturated heterocycles. The fourth-order valence-corrected chi connectivity index (χ4v) is 4.34. The molecule has 10 nitrogen and oxygen atoms in total. The smallest absolute Gasteiger partial charge is 0.406 e. The number of rotatable bonds is 8. The maximum absolute atomic E-state index is 13.1. The first-order chi connectivity index (χ1) is 18.0. The Morgan fingerprint density at radius 1 is 1.03 bits per heavy atom. The van der Waals surface area contributed by atoms with Gasteiger partial charge in [-0.25, -0.2) is 14.6 Å². The Bertz CT molecular complexity index is 1450. The highest BCUT2D eigenvalue weighted by Crippen LogP contribution is 2.27. The Balaban J connectivity index is 1.64. The lowest BCUT2D eigenvalue weighted by Gasteiger charge is -2.11. The number of primary amides is 1. The van der Waals surface area contributed by atoms with E-state index in [1.807, 2.05) is 19.9 Å². The summed E-state index contributed by atoms with van der Waals surface area (Å²) in [5.74, 6) is -1.43. The van der Waals surface area contributed by atoms with Gasteiger partial charge in [0.15, 0.2) is 10.9 Å². The molecule has 0 saturated carbocycles. The van der Waals surface area contributed by atoms with Crippen LogP contribution in [0.25, 0.3) is 5.69 Å². The first-order valence-electron chi connectivity index (χ1n) is 11.0. The van der Waals surface area contributed by atoms with Crippen molar-refractivity contribution in [1.29, 1.82) is 0 Å². The summed E-state index contributed by atoms with van der Waals surface area (Å²) in [7, 11) is 0. The second-order valence-electron chi connectivity index (χ2n) is 7.96. The van der Waals surface area contributed by atoms with Gasteiger partial charge in [0, 0.05) is 28.4 Å². The molecular formula is C24H20F3N7O3S. The topological polar surface area (TPSA) is 138 Å². The van der Waals surface area contributed by atoms with Crippen LogP contribution >= 0.6 is 11.8 Å². The fraction of sp³-hybridized carbons (Fsp3) is 0.167. The Hall–Kier alpha value is -4.46. The molecule has 0 unspecified atom stereocenters. The Morgan fingerprint density at radius 2 is 1.66 bits per heavy atom. The Labute approximate surface area is 218 Å². The van der Waals surface area contributed by atoms with E-state index in [1.165, 1.54) is 52.8 Å². The van der Waals surface area contributed by atoms with E-state index in [2.05, 4.69) is 30.3 Å². The summed E-state index contributed by atoms with van der Waals surface area (Å²) < 4.78 is 42.9. The van der Waals surface area contributed by atoms with Crippen LogP contribution in [0.3, 0.4) is 0 Å². The molecule has 2 heterocycles. The first-order valence-corrected chi connectivity index (χ1v) is 11.9. The largest absolute Gasteiger partial charge is 0.573 e. The highest BCUT2D eigenvalue weighted by molar-refractivity contribution is 7.98. The number of halogens is 3. The molecule has 0 radical (unpaired) electrons. The van der Waals surface area contributed by atoms with Crippen molar-refractivity contribution in [3.63, 3.8) is 0 Å². The van der Waals surface area contributed by atoms with Crippen molar-refractivity contribution in [3.05, 3.63) is 82.9 Å². The molecule has 0 aliphatic heterocycles. The van der Waals surface area contributed by atoms with Crippen molar-refractivity contribution in [2.24, 2.45) is 5.73 Å². The molecule has 0 spiro atoms. The van der Waals surface area contributed by atoms with E-state index in [4.69, 9.17) is 5.73 Å². The van der Waals surface area contributed by atoms with E-state index >= 15 is 0 Å². The van der Waals surface area contributed by atoms with E-state index in [0.717, 1.165) is 23.5 Å². The molecule has 3 N–H and O–H groups in total. The minimum atomic E-state index is -4.83. The zero-order valence-corrected chi connectivity index (χ0v) is 20.8. The van der Waals surface area contributed by atoms with Gasteiger partial charge in [-0.1, -0.05) is 17.0 Å². The number of carbonyl (C=O) groups excluding carboxylic acids is 2. The average Bonchev–Trinajstić information content (AvgIpc) is 3.26. The third kappa shape index (κ3) is 6.64. The van der Waals surface area contributed by atoms with E-state index in [1.54, 1.807) is 0 Å². The van der Waals surface area contributed by atoms with E-state index in [-0.39, 0.29) is 17.0 Å². The molecule has 4 rings (SSSR count). The normalized spacial score (nSPS) is 11.3. The maximum atomic E-state index is 13.1. The Morgan fingerprint density at radius 3 is 2.24 bits per heavy atom. The number of nitrogens with two attached hydrogens (primary N) is 1. The van der Waals surface area contributed by atoms with Gasteiger partial charge in [-0.2, -0.15) is 0 Å². The van der Waals surface area contributed by atoms with Crippen molar-refractivity contribution in [3.8, 4) is 11.4 Å². The van der Waals surface area contributed by atoms with Crippen molar-refractivity contribution < 1.29 is 27.5 Å². The van der Waals surface area contributed by atoms with Crippen LogP contribution in [-0.4, -0.2) is 43.1 Å². The third-order valence-corrected chi connectivity index (χ3v) is 5.88. The monoisotopic (exact) mass is 543 g/mol. The summed E-state index contributed by atoms with van der Waals surface area (Å²) in [4.78, 5) is 33.2. The number of aromatic nitrogens is 5. The molecule has 0 aliphatic carbocycles.